The smallest absolute Gasteiger partial charge is 0.161 e. The van der Waals surface area contributed by atoms with Crippen LogP contribution in [0.3, 0.4) is 0 Å². The molecule has 2 aromatic rings. The molecular weight excluding hydrogens is 264 g/mol. The lowest BCUT2D eigenvalue weighted by atomic mass is 10.1. The lowest BCUT2D eigenvalue weighted by Crippen LogP contribution is -1.98. The first-order valence-corrected chi connectivity index (χ1v) is 7.27. The Hall–Kier alpha value is -2.00. The normalized spacial score (nSPS) is 20.1. The highest BCUT2D eigenvalue weighted by Gasteiger charge is 2.37. The Balaban J connectivity index is 1.70. The molecule has 1 aliphatic rings. The quantitative estimate of drug-likeness (QED) is 0.884. The molecule has 1 fully saturated rings. The molecule has 0 spiro atoms. The molecule has 0 aromatic heterocycles. The van der Waals surface area contributed by atoms with E-state index in [0.717, 1.165) is 23.5 Å². The summed E-state index contributed by atoms with van der Waals surface area (Å²) in [5, 5.41) is 9.17. The van der Waals surface area contributed by atoms with Gasteiger partial charge in [-0.25, -0.2) is 0 Å². The van der Waals surface area contributed by atoms with E-state index in [0.29, 0.717) is 18.4 Å². The standard InChI is InChI=1S/C18H20O3/c1-20-18-10-14(16-9-15(16)11-19)7-8-17(18)21-12-13-5-3-2-4-6-13/h2-8,10,15-16,19H,9,11-12H2,1H3/t15-,16-/m1/s1. The van der Waals surface area contributed by atoms with E-state index in [1.165, 1.54) is 5.56 Å². The molecule has 1 N–H and O–H groups in total. The number of aliphatic hydroxyl groups excluding tert-OH is 1. The van der Waals surface area contributed by atoms with E-state index in [1.807, 2.05) is 42.5 Å². The van der Waals surface area contributed by atoms with Gasteiger partial charge in [0.2, 0.25) is 0 Å². The molecule has 1 aliphatic carbocycles. The number of ether oxygens (including phenoxy) is 2. The van der Waals surface area contributed by atoms with E-state index in [4.69, 9.17) is 9.47 Å². The van der Waals surface area contributed by atoms with Crippen LogP contribution in [0.2, 0.25) is 0 Å². The summed E-state index contributed by atoms with van der Waals surface area (Å²) in [6.45, 7) is 0.790. The van der Waals surface area contributed by atoms with E-state index in [2.05, 4.69) is 6.07 Å². The van der Waals surface area contributed by atoms with E-state index in [9.17, 15) is 5.11 Å². The number of rotatable bonds is 6. The van der Waals surface area contributed by atoms with Crippen LogP contribution in [0, 0.1) is 5.92 Å². The number of hydrogen-bond donors (Lipinski definition) is 1. The number of aliphatic hydroxyl groups is 1. The molecule has 0 amide bonds. The molecule has 3 nitrogen and oxygen atoms in total. The van der Waals surface area contributed by atoms with Gasteiger partial charge in [-0.2, -0.15) is 0 Å². The second kappa shape index (κ2) is 6.19. The molecule has 2 atom stereocenters. The van der Waals surface area contributed by atoms with Gasteiger partial charge in [0, 0.05) is 6.61 Å². The first-order valence-electron chi connectivity index (χ1n) is 7.27. The van der Waals surface area contributed by atoms with E-state index < -0.39 is 0 Å². The minimum atomic E-state index is 0.263. The third-order valence-corrected chi connectivity index (χ3v) is 4.01. The third-order valence-electron chi connectivity index (χ3n) is 4.01. The summed E-state index contributed by atoms with van der Waals surface area (Å²) in [5.41, 5.74) is 2.35. The van der Waals surface area contributed by atoms with Crippen molar-refractivity contribution in [1.82, 2.24) is 0 Å². The lowest BCUT2D eigenvalue weighted by molar-refractivity contribution is 0.273. The monoisotopic (exact) mass is 284 g/mol. The Morgan fingerprint density at radius 2 is 1.90 bits per heavy atom. The SMILES string of the molecule is COc1cc([C@H]2C[C@@H]2CO)ccc1OCc1ccccc1. The topological polar surface area (TPSA) is 38.7 Å². The Morgan fingerprint density at radius 3 is 2.57 bits per heavy atom. The van der Waals surface area contributed by atoms with Crippen LogP contribution in [-0.2, 0) is 6.61 Å². The van der Waals surface area contributed by atoms with Crippen LogP contribution in [0.4, 0.5) is 0 Å². The predicted molar refractivity (Wildman–Crippen MR) is 81.7 cm³/mol. The number of methoxy groups -OCH3 is 1. The highest BCUT2D eigenvalue weighted by atomic mass is 16.5. The molecule has 0 bridgehead atoms. The zero-order chi connectivity index (χ0) is 14.7. The Morgan fingerprint density at radius 1 is 1.10 bits per heavy atom. The van der Waals surface area contributed by atoms with Crippen LogP contribution in [0.15, 0.2) is 48.5 Å². The second-order valence-corrected chi connectivity index (χ2v) is 5.47. The van der Waals surface area contributed by atoms with Gasteiger partial charge in [0.1, 0.15) is 6.61 Å². The van der Waals surface area contributed by atoms with Gasteiger partial charge in [-0.05, 0) is 41.5 Å². The second-order valence-electron chi connectivity index (χ2n) is 5.47. The molecule has 3 heteroatoms. The van der Waals surface area contributed by atoms with Crippen LogP contribution in [-0.4, -0.2) is 18.8 Å². The van der Waals surface area contributed by atoms with Crippen LogP contribution in [0.25, 0.3) is 0 Å². The van der Waals surface area contributed by atoms with Crippen molar-refractivity contribution in [2.45, 2.75) is 18.9 Å². The van der Waals surface area contributed by atoms with Crippen molar-refractivity contribution in [3.8, 4) is 11.5 Å². The molecule has 0 aliphatic heterocycles. The number of hydrogen-bond acceptors (Lipinski definition) is 3. The largest absolute Gasteiger partial charge is 0.493 e. The summed E-state index contributed by atoms with van der Waals surface area (Å²) in [6, 6.07) is 16.1. The van der Waals surface area contributed by atoms with Gasteiger partial charge >= 0.3 is 0 Å². The third kappa shape index (κ3) is 3.19. The molecule has 0 radical (unpaired) electrons. The van der Waals surface area contributed by atoms with Gasteiger partial charge in [0.25, 0.3) is 0 Å². The van der Waals surface area contributed by atoms with Gasteiger partial charge in [0.05, 0.1) is 7.11 Å². The highest BCUT2D eigenvalue weighted by Crippen LogP contribution is 2.48. The van der Waals surface area contributed by atoms with E-state index >= 15 is 0 Å². The first kappa shape index (κ1) is 14.0. The molecule has 1 saturated carbocycles. The average molecular weight is 284 g/mol. The molecule has 110 valence electrons. The first-order chi connectivity index (χ1) is 10.3. The van der Waals surface area contributed by atoms with Crippen molar-refractivity contribution < 1.29 is 14.6 Å². The average Bonchev–Trinajstić information content (AvgIpc) is 3.33. The molecule has 3 rings (SSSR count). The van der Waals surface area contributed by atoms with Crippen LogP contribution < -0.4 is 9.47 Å². The zero-order valence-electron chi connectivity index (χ0n) is 12.2. The van der Waals surface area contributed by atoms with Crippen LogP contribution in [0.5, 0.6) is 11.5 Å². The highest BCUT2D eigenvalue weighted by molar-refractivity contribution is 5.45. The summed E-state index contributed by atoms with van der Waals surface area (Å²) in [7, 11) is 1.66. The molecule has 0 saturated heterocycles. The van der Waals surface area contributed by atoms with Gasteiger partial charge < -0.3 is 14.6 Å². The van der Waals surface area contributed by atoms with Gasteiger partial charge in [-0.1, -0.05) is 36.4 Å². The fourth-order valence-corrected chi connectivity index (χ4v) is 2.63. The van der Waals surface area contributed by atoms with Crippen molar-refractivity contribution in [2.75, 3.05) is 13.7 Å². The lowest BCUT2D eigenvalue weighted by Gasteiger charge is -2.12. The maximum Gasteiger partial charge on any atom is 0.161 e. The Kier molecular flexibility index (Phi) is 4.11. The van der Waals surface area contributed by atoms with E-state index in [1.54, 1.807) is 7.11 Å². The molecule has 0 unspecified atom stereocenters. The molecule has 21 heavy (non-hydrogen) atoms. The number of benzene rings is 2. The maximum absolute atomic E-state index is 9.17. The van der Waals surface area contributed by atoms with Crippen molar-refractivity contribution in [3.63, 3.8) is 0 Å². The minimum absolute atomic E-state index is 0.263. The van der Waals surface area contributed by atoms with Crippen LogP contribution in [0.1, 0.15) is 23.5 Å². The minimum Gasteiger partial charge on any atom is -0.493 e. The predicted octanol–water partition coefficient (Wildman–Crippen LogP) is 3.37. The molecule has 0 heterocycles. The molecular formula is C18H20O3. The van der Waals surface area contributed by atoms with Crippen LogP contribution >= 0.6 is 0 Å². The van der Waals surface area contributed by atoms with Gasteiger partial charge in [-0.15, -0.1) is 0 Å². The van der Waals surface area contributed by atoms with Crippen molar-refractivity contribution >= 4 is 0 Å². The fraction of sp³-hybridized carbons (Fsp3) is 0.333. The Labute approximate surface area is 125 Å². The summed E-state index contributed by atoms with van der Waals surface area (Å²) in [4.78, 5) is 0. The maximum atomic E-state index is 9.17. The molecule has 2 aromatic carbocycles. The van der Waals surface area contributed by atoms with Crippen molar-refractivity contribution in [3.05, 3.63) is 59.7 Å². The Bertz CT molecular complexity index is 595. The fourth-order valence-electron chi connectivity index (χ4n) is 2.63. The summed E-state index contributed by atoms with van der Waals surface area (Å²) >= 11 is 0. The summed E-state index contributed by atoms with van der Waals surface area (Å²) in [5.74, 6) is 2.39. The van der Waals surface area contributed by atoms with Gasteiger partial charge in [0.15, 0.2) is 11.5 Å². The van der Waals surface area contributed by atoms with Gasteiger partial charge in [-0.3, -0.25) is 0 Å². The van der Waals surface area contributed by atoms with Crippen molar-refractivity contribution in [1.29, 1.82) is 0 Å². The zero-order valence-corrected chi connectivity index (χ0v) is 12.2. The summed E-state index contributed by atoms with van der Waals surface area (Å²) in [6.07, 6.45) is 1.06. The van der Waals surface area contributed by atoms with Crippen molar-refractivity contribution in [2.24, 2.45) is 5.92 Å². The summed E-state index contributed by atoms with van der Waals surface area (Å²) < 4.78 is 11.3. The van der Waals surface area contributed by atoms with E-state index in [-0.39, 0.29) is 6.61 Å².